The monoisotopic (exact) mass is 373 g/mol. The Morgan fingerprint density at radius 3 is 2.81 bits per heavy atom. The normalized spacial score (nSPS) is 17.2. The summed E-state index contributed by atoms with van der Waals surface area (Å²) < 4.78 is 13.5. The maximum absolute atomic E-state index is 5.77. The molecule has 1 saturated heterocycles. The second-order valence-corrected chi connectivity index (χ2v) is 7.00. The predicted molar refractivity (Wildman–Crippen MR) is 108 cm³/mol. The fourth-order valence-corrected chi connectivity index (χ4v) is 3.58. The molecular weight excluding hydrogens is 342 g/mol. The summed E-state index contributed by atoms with van der Waals surface area (Å²) in [6.45, 7) is 6.06. The van der Waals surface area contributed by atoms with Crippen LogP contribution in [0.2, 0.25) is 0 Å². The number of nitrogens with zero attached hydrogens (tertiary/aromatic N) is 3. The maximum Gasteiger partial charge on any atom is 0.191 e. The number of nitrogens with one attached hydrogen (secondary N) is 2. The van der Waals surface area contributed by atoms with Crippen LogP contribution in [0.4, 0.5) is 0 Å². The SMILES string of the molecule is CN=C(NCCCn1c(C)nc2ccccc21)NCC1(OC)CCOCC1. The van der Waals surface area contributed by atoms with Crippen LogP contribution in [0, 0.1) is 6.92 Å². The molecular formula is C20H31N5O2. The van der Waals surface area contributed by atoms with Gasteiger partial charge in [0.2, 0.25) is 0 Å². The zero-order valence-electron chi connectivity index (χ0n) is 16.6. The molecule has 1 aromatic heterocycles. The number of ether oxygens (including phenoxy) is 2. The number of guanidine groups is 1. The van der Waals surface area contributed by atoms with Crippen LogP contribution in [-0.4, -0.2) is 61.6 Å². The van der Waals surface area contributed by atoms with Crippen LogP contribution in [-0.2, 0) is 16.0 Å². The van der Waals surface area contributed by atoms with Gasteiger partial charge >= 0.3 is 0 Å². The lowest BCUT2D eigenvalue weighted by Crippen LogP contribution is -2.50. The first-order chi connectivity index (χ1) is 13.2. The first-order valence-electron chi connectivity index (χ1n) is 9.67. The van der Waals surface area contributed by atoms with Gasteiger partial charge in [0.25, 0.3) is 0 Å². The summed E-state index contributed by atoms with van der Waals surface area (Å²) in [4.78, 5) is 8.95. The quantitative estimate of drug-likeness (QED) is 0.442. The van der Waals surface area contributed by atoms with Crippen LogP contribution in [0.5, 0.6) is 0 Å². The van der Waals surface area contributed by atoms with Crippen LogP contribution in [0.15, 0.2) is 29.3 Å². The molecule has 2 N–H and O–H groups in total. The number of aliphatic imine (C=N–C) groups is 1. The number of fused-ring (bicyclic) bond motifs is 1. The number of aryl methyl sites for hydroxylation is 2. The van der Waals surface area contributed by atoms with E-state index in [1.165, 1.54) is 5.52 Å². The van der Waals surface area contributed by atoms with Crippen molar-refractivity contribution in [3.63, 3.8) is 0 Å². The smallest absolute Gasteiger partial charge is 0.191 e. The molecule has 1 aliphatic heterocycles. The van der Waals surface area contributed by atoms with E-state index in [9.17, 15) is 0 Å². The van der Waals surface area contributed by atoms with Gasteiger partial charge < -0.3 is 24.7 Å². The molecule has 0 radical (unpaired) electrons. The Bertz CT molecular complexity index is 765. The summed E-state index contributed by atoms with van der Waals surface area (Å²) in [7, 11) is 3.58. The van der Waals surface area contributed by atoms with Crippen LogP contribution in [0.3, 0.4) is 0 Å². The van der Waals surface area contributed by atoms with Crippen molar-refractivity contribution >= 4 is 17.0 Å². The highest BCUT2D eigenvalue weighted by molar-refractivity contribution is 5.79. The van der Waals surface area contributed by atoms with Gasteiger partial charge in [0.1, 0.15) is 5.82 Å². The van der Waals surface area contributed by atoms with Crippen molar-refractivity contribution in [3.05, 3.63) is 30.1 Å². The number of imidazole rings is 1. The van der Waals surface area contributed by atoms with E-state index < -0.39 is 0 Å². The molecule has 0 unspecified atom stereocenters. The Balaban J connectivity index is 1.46. The van der Waals surface area contributed by atoms with Crippen molar-refractivity contribution in [2.45, 2.75) is 38.3 Å². The van der Waals surface area contributed by atoms with Gasteiger partial charge in [0.15, 0.2) is 5.96 Å². The van der Waals surface area contributed by atoms with Gasteiger partial charge in [-0.05, 0) is 25.5 Å². The third kappa shape index (κ3) is 4.78. The van der Waals surface area contributed by atoms with E-state index in [1.807, 2.05) is 6.07 Å². The molecule has 27 heavy (non-hydrogen) atoms. The Labute approximate surface area is 161 Å². The number of aromatic nitrogens is 2. The Morgan fingerprint density at radius 2 is 2.07 bits per heavy atom. The summed E-state index contributed by atoms with van der Waals surface area (Å²) >= 11 is 0. The van der Waals surface area contributed by atoms with Crippen LogP contribution < -0.4 is 10.6 Å². The molecule has 1 fully saturated rings. The Morgan fingerprint density at radius 1 is 1.30 bits per heavy atom. The molecule has 0 bridgehead atoms. The number of hydrogen-bond acceptors (Lipinski definition) is 4. The minimum atomic E-state index is -0.164. The molecule has 7 heteroatoms. The van der Waals surface area contributed by atoms with E-state index in [4.69, 9.17) is 9.47 Å². The van der Waals surface area contributed by atoms with E-state index in [-0.39, 0.29) is 5.60 Å². The number of hydrogen-bond donors (Lipinski definition) is 2. The highest BCUT2D eigenvalue weighted by atomic mass is 16.5. The largest absolute Gasteiger partial charge is 0.381 e. The molecule has 1 aromatic carbocycles. The van der Waals surface area contributed by atoms with E-state index in [2.05, 4.69) is 50.3 Å². The lowest BCUT2D eigenvalue weighted by atomic mass is 9.94. The van der Waals surface area contributed by atoms with Crippen molar-refractivity contribution in [3.8, 4) is 0 Å². The minimum Gasteiger partial charge on any atom is -0.381 e. The average Bonchev–Trinajstić information content (AvgIpc) is 3.03. The second-order valence-electron chi connectivity index (χ2n) is 7.00. The molecule has 2 heterocycles. The third-order valence-corrected chi connectivity index (χ3v) is 5.34. The van der Waals surface area contributed by atoms with Gasteiger partial charge in [-0.1, -0.05) is 12.1 Å². The fourth-order valence-electron chi connectivity index (χ4n) is 3.58. The summed E-state index contributed by atoms with van der Waals surface area (Å²) in [5.41, 5.74) is 2.09. The molecule has 0 spiro atoms. The van der Waals surface area contributed by atoms with Crippen LogP contribution >= 0.6 is 0 Å². The van der Waals surface area contributed by atoms with Crippen LogP contribution in [0.25, 0.3) is 11.0 Å². The van der Waals surface area contributed by atoms with E-state index in [0.29, 0.717) is 0 Å². The summed E-state index contributed by atoms with van der Waals surface area (Å²) in [6, 6.07) is 8.28. The van der Waals surface area contributed by atoms with E-state index >= 15 is 0 Å². The zero-order chi connectivity index (χ0) is 19.1. The fraction of sp³-hybridized carbons (Fsp3) is 0.600. The molecule has 2 aromatic rings. The van der Waals surface area contributed by atoms with Gasteiger partial charge in [-0.15, -0.1) is 0 Å². The summed E-state index contributed by atoms with van der Waals surface area (Å²) in [5, 5.41) is 6.80. The summed E-state index contributed by atoms with van der Waals surface area (Å²) in [5.74, 6) is 1.87. The molecule has 3 rings (SSSR count). The van der Waals surface area contributed by atoms with Crippen molar-refractivity contribution in [2.75, 3.05) is 40.5 Å². The molecule has 148 valence electrons. The molecule has 0 amide bonds. The lowest BCUT2D eigenvalue weighted by Gasteiger charge is -2.36. The standard InChI is InChI=1S/C20H31N5O2/c1-16-24-17-7-4-5-8-18(17)25(16)12-6-11-22-19(21-2)23-15-20(26-3)9-13-27-14-10-20/h4-5,7-8H,6,9-15H2,1-3H3,(H2,21,22,23). The van der Waals surface area contributed by atoms with Gasteiger partial charge in [-0.25, -0.2) is 4.98 Å². The highest BCUT2D eigenvalue weighted by Gasteiger charge is 2.32. The van der Waals surface area contributed by atoms with E-state index in [0.717, 1.165) is 69.4 Å². The van der Waals surface area contributed by atoms with Gasteiger partial charge in [-0.3, -0.25) is 4.99 Å². The van der Waals surface area contributed by atoms with Crippen molar-refractivity contribution < 1.29 is 9.47 Å². The first-order valence-corrected chi connectivity index (χ1v) is 9.67. The van der Waals surface area contributed by atoms with Crippen LogP contribution in [0.1, 0.15) is 25.1 Å². The second kappa shape index (κ2) is 9.19. The number of methoxy groups -OCH3 is 1. The third-order valence-electron chi connectivity index (χ3n) is 5.34. The van der Waals surface area contributed by atoms with Gasteiger partial charge in [0.05, 0.1) is 16.6 Å². The molecule has 0 aliphatic carbocycles. The maximum atomic E-state index is 5.77. The Hall–Kier alpha value is -2.12. The van der Waals surface area contributed by atoms with Crippen molar-refractivity contribution in [2.24, 2.45) is 4.99 Å². The number of benzene rings is 1. The average molecular weight is 374 g/mol. The van der Waals surface area contributed by atoms with E-state index in [1.54, 1.807) is 14.2 Å². The topological polar surface area (TPSA) is 72.7 Å². The molecule has 7 nitrogen and oxygen atoms in total. The lowest BCUT2D eigenvalue weighted by molar-refractivity contribution is -0.0855. The first kappa shape index (κ1) is 19.6. The Kier molecular flexibility index (Phi) is 6.68. The summed E-state index contributed by atoms with van der Waals surface area (Å²) in [6.07, 6.45) is 2.80. The van der Waals surface area contributed by atoms with Gasteiger partial charge in [-0.2, -0.15) is 0 Å². The molecule has 0 atom stereocenters. The van der Waals surface area contributed by atoms with Gasteiger partial charge in [0, 0.05) is 59.8 Å². The predicted octanol–water partition coefficient (Wildman–Crippen LogP) is 2.10. The zero-order valence-corrected chi connectivity index (χ0v) is 16.6. The number of rotatable bonds is 7. The van der Waals surface area contributed by atoms with Crippen molar-refractivity contribution in [1.82, 2.24) is 20.2 Å². The highest BCUT2D eigenvalue weighted by Crippen LogP contribution is 2.23. The molecule has 1 aliphatic rings. The minimum absolute atomic E-state index is 0.164. The number of para-hydroxylation sites is 2. The molecule has 0 saturated carbocycles. The van der Waals surface area contributed by atoms with Crippen molar-refractivity contribution in [1.29, 1.82) is 0 Å².